The van der Waals surface area contributed by atoms with Crippen molar-refractivity contribution < 1.29 is 5.11 Å². The van der Waals surface area contributed by atoms with Crippen LogP contribution in [-0.2, 0) is 0 Å². The monoisotopic (exact) mass is 185 g/mol. The zero-order valence-electron chi connectivity index (χ0n) is 7.42. The average molecular weight is 185 g/mol. The predicted molar refractivity (Wildman–Crippen MR) is 50.9 cm³/mol. The van der Waals surface area contributed by atoms with Crippen LogP contribution in [0.2, 0.25) is 0 Å². The van der Waals surface area contributed by atoms with E-state index >= 15 is 0 Å². The van der Waals surface area contributed by atoms with Crippen LogP contribution in [-0.4, -0.2) is 22.7 Å². The summed E-state index contributed by atoms with van der Waals surface area (Å²) >= 11 is 1.85. The fourth-order valence-corrected chi connectivity index (χ4v) is 2.47. The normalized spacial score (nSPS) is 35.9. The summed E-state index contributed by atoms with van der Waals surface area (Å²) in [5, 5.41) is 18.3. The second kappa shape index (κ2) is 4.15. The van der Waals surface area contributed by atoms with Crippen molar-refractivity contribution in [2.24, 2.45) is 5.92 Å². The molecule has 0 amide bonds. The SMILES string of the molecule is CSCC1CCC(O)(C#N)CC1. The summed E-state index contributed by atoms with van der Waals surface area (Å²) in [6.45, 7) is 0. The van der Waals surface area contributed by atoms with Crippen molar-refractivity contribution in [3.05, 3.63) is 0 Å². The fraction of sp³-hybridized carbons (Fsp3) is 0.889. The molecular formula is C9H15NOS. The molecule has 2 nitrogen and oxygen atoms in total. The molecule has 0 aromatic carbocycles. The van der Waals surface area contributed by atoms with Crippen molar-refractivity contribution in [2.75, 3.05) is 12.0 Å². The first-order chi connectivity index (χ1) is 5.70. The molecule has 68 valence electrons. The Balaban J connectivity index is 2.35. The molecule has 0 unspecified atom stereocenters. The summed E-state index contributed by atoms with van der Waals surface area (Å²) in [5.41, 5.74) is -1.01. The van der Waals surface area contributed by atoms with Crippen LogP contribution in [0, 0.1) is 17.2 Å². The second-order valence-corrected chi connectivity index (χ2v) is 4.45. The van der Waals surface area contributed by atoms with Crippen molar-refractivity contribution in [1.82, 2.24) is 0 Å². The Hall–Kier alpha value is -0.200. The van der Waals surface area contributed by atoms with Gasteiger partial charge >= 0.3 is 0 Å². The van der Waals surface area contributed by atoms with Gasteiger partial charge in [-0.15, -0.1) is 0 Å². The van der Waals surface area contributed by atoms with Gasteiger partial charge in [-0.25, -0.2) is 0 Å². The van der Waals surface area contributed by atoms with Crippen LogP contribution in [0.5, 0.6) is 0 Å². The number of hydrogen-bond donors (Lipinski definition) is 1. The van der Waals surface area contributed by atoms with Crippen molar-refractivity contribution in [3.63, 3.8) is 0 Å². The summed E-state index contributed by atoms with van der Waals surface area (Å²) in [4.78, 5) is 0. The van der Waals surface area contributed by atoms with Crippen molar-refractivity contribution in [3.8, 4) is 6.07 Å². The maximum atomic E-state index is 9.60. The van der Waals surface area contributed by atoms with Crippen LogP contribution < -0.4 is 0 Å². The van der Waals surface area contributed by atoms with Gasteiger partial charge in [0.2, 0.25) is 0 Å². The lowest BCUT2D eigenvalue weighted by molar-refractivity contribution is 0.0458. The molecule has 0 spiro atoms. The number of thioether (sulfide) groups is 1. The minimum Gasteiger partial charge on any atom is -0.375 e. The Morgan fingerprint density at radius 3 is 2.58 bits per heavy atom. The Morgan fingerprint density at radius 2 is 2.17 bits per heavy atom. The summed E-state index contributed by atoms with van der Waals surface area (Å²) in [6.07, 6.45) is 5.43. The van der Waals surface area contributed by atoms with E-state index < -0.39 is 5.60 Å². The number of nitriles is 1. The van der Waals surface area contributed by atoms with Crippen LogP contribution in [0.4, 0.5) is 0 Å². The zero-order chi connectivity index (χ0) is 9.03. The van der Waals surface area contributed by atoms with Gasteiger partial charge in [0.15, 0.2) is 5.60 Å². The van der Waals surface area contributed by atoms with Crippen LogP contribution in [0.25, 0.3) is 0 Å². The maximum Gasteiger partial charge on any atom is 0.151 e. The summed E-state index contributed by atoms with van der Waals surface area (Å²) in [5.74, 6) is 1.88. The molecule has 0 heterocycles. The van der Waals surface area contributed by atoms with Gasteiger partial charge in [0, 0.05) is 0 Å². The Morgan fingerprint density at radius 1 is 1.58 bits per heavy atom. The van der Waals surface area contributed by atoms with E-state index in [1.54, 1.807) is 0 Å². The summed E-state index contributed by atoms with van der Waals surface area (Å²) < 4.78 is 0. The van der Waals surface area contributed by atoms with Crippen molar-refractivity contribution in [1.29, 1.82) is 5.26 Å². The molecule has 0 atom stereocenters. The van der Waals surface area contributed by atoms with Gasteiger partial charge in [0.25, 0.3) is 0 Å². The van der Waals surface area contributed by atoms with E-state index in [0.29, 0.717) is 18.8 Å². The van der Waals surface area contributed by atoms with Gasteiger partial charge in [-0.2, -0.15) is 17.0 Å². The second-order valence-electron chi connectivity index (χ2n) is 3.54. The summed E-state index contributed by atoms with van der Waals surface area (Å²) in [7, 11) is 0. The zero-order valence-corrected chi connectivity index (χ0v) is 8.23. The average Bonchev–Trinajstić information content (AvgIpc) is 2.10. The van der Waals surface area contributed by atoms with E-state index in [1.807, 2.05) is 17.8 Å². The molecule has 0 aromatic rings. The highest BCUT2D eigenvalue weighted by molar-refractivity contribution is 7.98. The number of nitrogens with zero attached hydrogens (tertiary/aromatic N) is 1. The molecular weight excluding hydrogens is 170 g/mol. The first-order valence-corrected chi connectivity index (χ1v) is 5.72. The van der Waals surface area contributed by atoms with Crippen molar-refractivity contribution >= 4 is 11.8 Å². The Labute approximate surface area is 78.0 Å². The highest BCUT2D eigenvalue weighted by Gasteiger charge is 2.32. The van der Waals surface area contributed by atoms with E-state index in [9.17, 15) is 5.11 Å². The molecule has 0 aromatic heterocycles. The van der Waals surface area contributed by atoms with Crippen LogP contribution in [0.15, 0.2) is 0 Å². The largest absolute Gasteiger partial charge is 0.375 e. The molecule has 0 aliphatic heterocycles. The van der Waals surface area contributed by atoms with Crippen molar-refractivity contribution in [2.45, 2.75) is 31.3 Å². The van der Waals surface area contributed by atoms with E-state index in [4.69, 9.17) is 5.26 Å². The van der Waals surface area contributed by atoms with Gasteiger partial charge in [0.1, 0.15) is 0 Å². The highest BCUT2D eigenvalue weighted by Crippen LogP contribution is 2.32. The molecule has 1 aliphatic carbocycles. The fourth-order valence-electron chi connectivity index (χ4n) is 1.67. The molecule has 0 radical (unpaired) electrons. The van der Waals surface area contributed by atoms with E-state index in [1.165, 1.54) is 5.75 Å². The lowest BCUT2D eigenvalue weighted by Gasteiger charge is -2.30. The Kier molecular flexibility index (Phi) is 3.42. The molecule has 12 heavy (non-hydrogen) atoms. The number of hydrogen-bond acceptors (Lipinski definition) is 3. The third-order valence-electron chi connectivity index (χ3n) is 2.54. The molecule has 0 saturated heterocycles. The van der Waals surface area contributed by atoms with E-state index in [-0.39, 0.29) is 0 Å². The number of aliphatic hydroxyl groups is 1. The molecule has 1 aliphatic rings. The smallest absolute Gasteiger partial charge is 0.151 e. The van der Waals surface area contributed by atoms with Gasteiger partial charge in [0.05, 0.1) is 6.07 Å². The van der Waals surface area contributed by atoms with Gasteiger partial charge in [-0.3, -0.25) is 0 Å². The standard InChI is InChI=1S/C9H15NOS/c1-12-6-8-2-4-9(11,7-10)5-3-8/h8,11H,2-6H2,1H3. The molecule has 3 heteroatoms. The first-order valence-electron chi connectivity index (χ1n) is 4.33. The molecule has 1 fully saturated rings. The third-order valence-corrected chi connectivity index (χ3v) is 3.35. The molecule has 0 bridgehead atoms. The predicted octanol–water partition coefficient (Wildman–Crippen LogP) is 1.79. The molecule has 1 saturated carbocycles. The lowest BCUT2D eigenvalue weighted by Crippen LogP contribution is -2.32. The number of rotatable bonds is 2. The van der Waals surface area contributed by atoms with E-state index in [0.717, 1.165) is 12.8 Å². The third kappa shape index (κ3) is 2.40. The highest BCUT2D eigenvalue weighted by atomic mass is 32.2. The summed E-state index contributed by atoms with van der Waals surface area (Å²) in [6, 6.07) is 1.99. The van der Waals surface area contributed by atoms with Crippen LogP contribution in [0.3, 0.4) is 0 Å². The molecule has 1 N–H and O–H groups in total. The lowest BCUT2D eigenvalue weighted by atomic mass is 9.80. The van der Waals surface area contributed by atoms with Gasteiger partial charge in [-0.05, 0) is 43.6 Å². The first kappa shape index (κ1) is 9.88. The molecule has 1 rings (SSSR count). The van der Waals surface area contributed by atoms with E-state index in [2.05, 4.69) is 6.26 Å². The quantitative estimate of drug-likeness (QED) is 0.667. The minimum atomic E-state index is -1.01. The van der Waals surface area contributed by atoms with Crippen LogP contribution >= 0.6 is 11.8 Å². The topological polar surface area (TPSA) is 44.0 Å². The van der Waals surface area contributed by atoms with Gasteiger partial charge in [-0.1, -0.05) is 0 Å². The van der Waals surface area contributed by atoms with Gasteiger partial charge < -0.3 is 5.11 Å². The van der Waals surface area contributed by atoms with Crippen LogP contribution in [0.1, 0.15) is 25.7 Å². The maximum absolute atomic E-state index is 9.60. The minimum absolute atomic E-state index is 0.661. The Bertz CT molecular complexity index is 179.